The lowest BCUT2D eigenvalue weighted by atomic mass is 9.71. The first-order valence-corrected chi connectivity index (χ1v) is 9.68. The van der Waals surface area contributed by atoms with E-state index in [-0.39, 0.29) is 5.97 Å². The summed E-state index contributed by atoms with van der Waals surface area (Å²) in [6, 6.07) is 3.46. The van der Waals surface area contributed by atoms with E-state index in [1.54, 1.807) is 19.1 Å². The maximum absolute atomic E-state index is 12.5. The van der Waals surface area contributed by atoms with E-state index in [0.29, 0.717) is 53.9 Å². The van der Waals surface area contributed by atoms with Gasteiger partial charge in [0.1, 0.15) is 5.41 Å². The van der Waals surface area contributed by atoms with E-state index in [2.05, 4.69) is 26.5 Å². The zero-order valence-corrected chi connectivity index (χ0v) is 17.5. The first-order chi connectivity index (χ1) is 12.3. The van der Waals surface area contributed by atoms with Crippen molar-refractivity contribution in [1.82, 2.24) is 0 Å². The Morgan fingerprint density at radius 2 is 2.04 bits per heavy atom. The second kappa shape index (κ2) is 7.64. The number of nitrogens with zero attached hydrogens (tertiary/aromatic N) is 1. The summed E-state index contributed by atoms with van der Waals surface area (Å²) in [7, 11) is 1.36. The number of hydrazone groups is 1. The van der Waals surface area contributed by atoms with Crippen LogP contribution in [0.1, 0.15) is 26.2 Å². The molecule has 1 unspecified atom stereocenters. The highest BCUT2D eigenvalue weighted by atomic mass is 79.9. The average Bonchev–Trinajstić information content (AvgIpc) is 3.05. The zero-order chi connectivity index (χ0) is 18.9. The normalized spacial score (nSPS) is 26.3. The third-order valence-corrected chi connectivity index (χ3v) is 6.02. The minimum Gasteiger partial charge on any atom is -0.468 e. The molecule has 1 aliphatic carbocycles. The molecule has 1 saturated carbocycles. The van der Waals surface area contributed by atoms with E-state index in [0.717, 1.165) is 4.47 Å². The van der Waals surface area contributed by atoms with Crippen molar-refractivity contribution in [2.24, 2.45) is 10.5 Å². The van der Waals surface area contributed by atoms with Gasteiger partial charge in [-0.3, -0.25) is 10.2 Å². The predicted molar refractivity (Wildman–Crippen MR) is 104 cm³/mol. The van der Waals surface area contributed by atoms with Crippen molar-refractivity contribution in [3.8, 4) is 0 Å². The quantitative estimate of drug-likeness (QED) is 0.400. The number of methoxy groups -OCH3 is 1. The second-order valence-corrected chi connectivity index (χ2v) is 8.23. The van der Waals surface area contributed by atoms with Crippen LogP contribution >= 0.6 is 39.1 Å². The fourth-order valence-electron chi connectivity index (χ4n) is 3.42. The molecule has 1 aromatic carbocycles. The molecule has 1 atom stereocenters. The van der Waals surface area contributed by atoms with Crippen LogP contribution in [-0.4, -0.2) is 37.8 Å². The van der Waals surface area contributed by atoms with Crippen LogP contribution in [0.25, 0.3) is 0 Å². The van der Waals surface area contributed by atoms with Crippen molar-refractivity contribution in [3.05, 3.63) is 26.7 Å². The minimum atomic E-state index is -0.966. The maximum Gasteiger partial charge on any atom is 0.317 e. The van der Waals surface area contributed by atoms with Crippen molar-refractivity contribution in [2.75, 3.05) is 25.7 Å². The molecule has 142 valence electrons. The molecule has 26 heavy (non-hydrogen) atoms. The lowest BCUT2D eigenvalue weighted by molar-refractivity contribution is -0.192. The number of hydrogen-bond acceptors (Lipinski definition) is 6. The smallest absolute Gasteiger partial charge is 0.317 e. The third kappa shape index (κ3) is 3.73. The Morgan fingerprint density at radius 3 is 2.69 bits per heavy atom. The minimum absolute atomic E-state index is 0.347. The number of benzene rings is 1. The summed E-state index contributed by atoms with van der Waals surface area (Å²) in [6.45, 7) is 2.84. The van der Waals surface area contributed by atoms with Crippen LogP contribution in [0.3, 0.4) is 0 Å². The van der Waals surface area contributed by atoms with Gasteiger partial charge in [0.05, 0.1) is 41.8 Å². The van der Waals surface area contributed by atoms with Crippen LogP contribution in [0, 0.1) is 5.41 Å². The number of esters is 1. The number of carbonyl (C=O) groups is 1. The number of carbonyl (C=O) groups excluding carboxylic acids is 1. The van der Waals surface area contributed by atoms with E-state index in [1.165, 1.54) is 7.11 Å². The van der Waals surface area contributed by atoms with Crippen LogP contribution in [0.4, 0.5) is 5.69 Å². The Labute approximate surface area is 170 Å². The van der Waals surface area contributed by atoms with Gasteiger partial charge in [-0.1, -0.05) is 39.1 Å². The molecule has 1 heterocycles. The topological polar surface area (TPSA) is 69.2 Å². The molecular weight excluding hydrogens is 447 g/mol. The number of halogens is 3. The zero-order valence-electron chi connectivity index (χ0n) is 14.4. The first kappa shape index (κ1) is 19.9. The van der Waals surface area contributed by atoms with Gasteiger partial charge >= 0.3 is 5.97 Å². The number of anilines is 1. The summed E-state index contributed by atoms with van der Waals surface area (Å²) in [5.41, 5.74) is 3.16. The predicted octanol–water partition coefficient (Wildman–Crippen LogP) is 4.63. The molecule has 1 N–H and O–H groups in total. The number of ether oxygens (including phenoxy) is 3. The van der Waals surface area contributed by atoms with Crippen LogP contribution < -0.4 is 5.43 Å². The Kier molecular flexibility index (Phi) is 5.84. The van der Waals surface area contributed by atoms with E-state index in [1.807, 2.05) is 0 Å². The molecule has 0 amide bonds. The maximum atomic E-state index is 12.5. The second-order valence-electron chi connectivity index (χ2n) is 6.53. The van der Waals surface area contributed by atoms with E-state index in [4.69, 9.17) is 37.4 Å². The molecule has 1 aromatic rings. The molecular formula is C17H19BrCl2N2O4. The fraction of sp³-hybridized carbons (Fsp3) is 0.529. The molecule has 1 aliphatic heterocycles. The number of hydrogen-bond donors (Lipinski definition) is 1. The molecule has 0 radical (unpaired) electrons. The van der Waals surface area contributed by atoms with Crippen LogP contribution in [0.15, 0.2) is 21.7 Å². The highest BCUT2D eigenvalue weighted by molar-refractivity contribution is 9.10. The van der Waals surface area contributed by atoms with Gasteiger partial charge in [0, 0.05) is 17.3 Å². The number of nitrogens with one attached hydrogen (secondary N) is 1. The van der Waals surface area contributed by atoms with Crippen LogP contribution in [0.5, 0.6) is 0 Å². The van der Waals surface area contributed by atoms with Gasteiger partial charge in [0.2, 0.25) is 0 Å². The molecule has 0 aromatic heterocycles. The van der Waals surface area contributed by atoms with Gasteiger partial charge in [-0.25, -0.2) is 0 Å². The molecule has 2 fully saturated rings. The Hall–Kier alpha value is -0.860. The van der Waals surface area contributed by atoms with E-state index < -0.39 is 11.2 Å². The summed E-state index contributed by atoms with van der Waals surface area (Å²) in [5.74, 6) is -1.13. The lowest BCUT2D eigenvalue weighted by Crippen LogP contribution is -2.50. The van der Waals surface area contributed by atoms with Gasteiger partial charge in [-0.15, -0.1) is 0 Å². The average molecular weight is 466 g/mol. The van der Waals surface area contributed by atoms with Crippen molar-refractivity contribution in [3.63, 3.8) is 0 Å². The fourth-order valence-corrected chi connectivity index (χ4v) is 4.38. The summed E-state index contributed by atoms with van der Waals surface area (Å²) in [4.78, 5) is 12.5. The highest BCUT2D eigenvalue weighted by Gasteiger charge is 2.54. The summed E-state index contributed by atoms with van der Waals surface area (Å²) in [5, 5.41) is 5.22. The largest absolute Gasteiger partial charge is 0.468 e. The van der Waals surface area contributed by atoms with Crippen molar-refractivity contribution >= 4 is 56.5 Å². The van der Waals surface area contributed by atoms with E-state index >= 15 is 0 Å². The van der Waals surface area contributed by atoms with Gasteiger partial charge < -0.3 is 14.2 Å². The van der Waals surface area contributed by atoms with Crippen molar-refractivity contribution in [2.45, 2.75) is 32.0 Å². The molecule has 1 saturated heterocycles. The summed E-state index contributed by atoms with van der Waals surface area (Å²) < 4.78 is 17.4. The monoisotopic (exact) mass is 464 g/mol. The Morgan fingerprint density at radius 1 is 1.35 bits per heavy atom. The molecule has 2 aliphatic rings. The van der Waals surface area contributed by atoms with Gasteiger partial charge in [0.15, 0.2) is 5.79 Å². The Bertz CT molecular complexity index is 753. The van der Waals surface area contributed by atoms with Crippen LogP contribution in [0.2, 0.25) is 10.0 Å². The van der Waals surface area contributed by atoms with Crippen molar-refractivity contribution < 1.29 is 19.0 Å². The standard InChI is InChI=1S/C17H19BrCl2N2O4/c1-16(15(23)24-2)9-17(25-5-6-26-17)4-3-13(16)22-21-12-8-10(18)7-11(19)14(12)20/h7-8,21H,3-6,9H2,1-2H3/b22-13+. The van der Waals surface area contributed by atoms with Gasteiger partial charge in [-0.2, -0.15) is 5.10 Å². The molecule has 1 spiro atoms. The van der Waals surface area contributed by atoms with Crippen LogP contribution in [-0.2, 0) is 19.0 Å². The SMILES string of the molecule is COC(=O)C1(C)CC2(CC/C1=N\Nc1cc(Br)cc(Cl)c1Cl)OCCO2. The van der Waals surface area contributed by atoms with E-state index in [9.17, 15) is 4.79 Å². The lowest BCUT2D eigenvalue weighted by Gasteiger charge is -2.41. The highest BCUT2D eigenvalue weighted by Crippen LogP contribution is 2.45. The summed E-state index contributed by atoms with van der Waals surface area (Å²) in [6.07, 6.45) is 1.49. The molecule has 0 bridgehead atoms. The molecule has 6 nitrogen and oxygen atoms in total. The van der Waals surface area contributed by atoms with Crippen molar-refractivity contribution in [1.29, 1.82) is 0 Å². The van der Waals surface area contributed by atoms with Gasteiger partial charge in [0.25, 0.3) is 0 Å². The molecule has 3 rings (SSSR count). The third-order valence-electron chi connectivity index (χ3n) is 4.76. The van der Waals surface area contributed by atoms with Gasteiger partial charge in [-0.05, 0) is 25.5 Å². The summed E-state index contributed by atoms with van der Waals surface area (Å²) >= 11 is 15.7. The molecule has 9 heteroatoms. The first-order valence-electron chi connectivity index (χ1n) is 8.14. The Balaban J connectivity index is 1.90. The number of rotatable bonds is 3.